The Morgan fingerprint density at radius 2 is 2.22 bits per heavy atom. The molecule has 0 fully saturated rings. The highest BCUT2D eigenvalue weighted by Gasteiger charge is 2.13. The van der Waals surface area contributed by atoms with E-state index in [2.05, 4.69) is 22.6 Å². The van der Waals surface area contributed by atoms with E-state index in [1.165, 1.54) is 4.90 Å². The highest BCUT2D eigenvalue weighted by Crippen LogP contribution is 2.19. The number of methoxy groups -OCH3 is 1. The number of aliphatic imine (C=N–C) groups is 1. The van der Waals surface area contributed by atoms with Gasteiger partial charge in [-0.1, -0.05) is 11.6 Å². The second-order valence-corrected chi connectivity index (χ2v) is 6.39. The highest BCUT2D eigenvalue weighted by molar-refractivity contribution is 7.98. The Morgan fingerprint density at radius 1 is 1.52 bits per heavy atom. The molecule has 0 bridgehead atoms. The van der Waals surface area contributed by atoms with E-state index in [0.717, 1.165) is 5.75 Å². The Balaban J connectivity index is 2.96. The van der Waals surface area contributed by atoms with E-state index in [-0.39, 0.29) is 11.1 Å². The summed E-state index contributed by atoms with van der Waals surface area (Å²) in [5.41, 5.74) is 1.25. The number of hydrogen-bond acceptors (Lipinski definition) is 5. The SMILES string of the molecule is COc1cncc(/C(S)=N/C(Cl)=C(\C)N(C)C(=O)CCSC)c1. The van der Waals surface area contributed by atoms with Gasteiger partial charge in [0.15, 0.2) is 0 Å². The molecule has 1 heterocycles. The number of aromatic nitrogens is 1. The van der Waals surface area contributed by atoms with Gasteiger partial charge in [0.25, 0.3) is 0 Å². The molecule has 0 saturated carbocycles. The van der Waals surface area contributed by atoms with Gasteiger partial charge in [-0.2, -0.15) is 11.8 Å². The van der Waals surface area contributed by atoms with Crippen LogP contribution < -0.4 is 4.74 Å². The minimum Gasteiger partial charge on any atom is -0.495 e. The minimum atomic E-state index is -0.00559. The minimum absolute atomic E-state index is 0.00559. The first-order valence-corrected chi connectivity index (χ1v) is 9.01. The Morgan fingerprint density at radius 3 is 2.83 bits per heavy atom. The van der Waals surface area contributed by atoms with E-state index in [0.29, 0.717) is 28.5 Å². The van der Waals surface area contributed by atoms with Gasteiger partial charge in [-0.25, -0.2) is 4.99 Å². The van der Waals surface area contributed by atoms with Crippen LogP contribution in [0.1, 0.15) is 18.9 Å². The van der Waals surface area contributed by atoms with Gasteiger partial charge >= 0.3 is 0 Å². The zero-order chi connectivity index (χ0) is 17.4. The van der Waals surface area contributed by atoms with Crippen LogP contribution in [0, 0.1) is 0 Å². The van der Waals surface area contributed by atoms with Gasteiger partial charge < -0.3 is 9.64 Å². The summed E-state index contributed by atoms with van der Waals surface area (Å²) in [6.07, 6.45) is 5.62. The lowest BCUT2D eigenvalue weighted by Gasteiger charge is -2.18. The topological polar surface area (TPSA) is 54.8 Å². The third-order valence-corrected chi connectivity index (χ3v) is 4.44. The van der Waals surface area contributed by atoms with Crippen molar-refractivity contribution in [3.05, 3.63) is 34.9 Å². The van der Waals surface area contributed by atoms with E-state index < -0.39 is 0 Å². The first-order valence-electron chi connectivity index (χ1n) is 6.79. The molecular weight excluding hydrogens is 354 g/mol. The van der Waals surface area contributed by atoms with Crippen molar-refractivity contribution in [2.24, 2.45) is 4.99 Å². The van der Waals surface area contributed by atoms with Gasteiger partial charge in [0.1, 0.15) is 15.9 Å². The van der Waals surface area contributed by atoms with E-state index in [1.54, 1.807) is 51.3 Å². The van der Waals surface area contributed by atoms with Crippen LogP contribution in [-0.4, -0.2) is 47.0 Å². The molecule has 0 N–H and O–H groups in total. The highest BCUT2D eigenvalue weighted by atomic mass is 35.5. The smallest absolute Gasteiger partial charge is 0.227 e. The molecule has 8 heteroatoms. The number of nitrogens with zero attached hydrogens (tertiary/aromatic N) is 3. The molecule has 0 spiro atoms. The molecule has 0 aromatic carbocycles. The Hall–Kier alpha value is -1.18. The van der Waals surface area contributed by atoms with Gasteiger partial charge in [0.2, 0.25) is 5.91 Å². The quantitative estimate of drug-likeness (QED) is 0.344. The first-order chi connectivity index (χ1) is 10.9. The fraction of sp³-hybridized carbons (Fsp3) is 0.400. The molecule has 1 aromatic rings. The lowest BCUT2D eigenvalue weighted by molar-refractivity contribution is -0.127. The monoisotopic (exact) mass is 373 g/mol. The maximum absolute atomic E-state index is 12.0. The lowest BCUT2D eigenvalue weighted by Crippen LogP contribution is -2.25. The third-order valence-electron chi connectivity index (χ3n) is 3.11. The zero-order valence-corrected chi connectivity index (χ0v) is 16.0. The summed E-state index contributed by atoms with van der Waals surface area (Å²) < 4.78 is 5.11. The summed E-state index contributed by atoms with van der Waals surface area (Å²) in [6, 6.07) is 1.76. The molecule has 23 heavy (non-hydrogen) atoms. The van der Waals surface area contributed by atoms with Crippen LogP contribution in [0.25, 0.3) is 0 Å². The zero-order valence-electron chi connectivity index (χ0n) is 13.5. The van der Waals surface area contributed by atoms with Gasteiger partial charge in [-0.15, -0.1) is 12.6 Å². The first kappa shape index (κ1) is 19.9. The third kappa shape index (κ3) is 6.08. The van der Waals surface area contributed by atoms with Crippen molar-refractivity contribution in [2.45, 2.75) is 13.3 Å². The van der Waals surface area contributed by atoms with E-state index >= 15 is 0 Å². The number of ether oxygens (including phenoxy) is 1. The van der Waals surface area contributed by atoms with Gasteiger partial charge in [0.05, 0.1) is 19.0 Å². The van der Waals surface area contributed by atoms with Crippen LogP contribution in [0.15, 0.2) is 34.3 Å². The van der Waals surface area contributed by atoms with Crippen LogP contribution in [-0.2, 0) is 4.79 Å². The summed E-state index contributed by atoms with van der Waals surface area (Å²) in [5.74, 6) is 1.37. The predicted octanol–water partition coefficient (Wildman–Crippen LogP) is 3.41. The molecule has 1 amide bonds. The molecule has 5 nitrogen and oxygen atoms in total. The Labute approximate surface area is 151 Å². The molecule has 1 aromatic heterocycles. The summed E-state index contributed by atoms with van der Waals surface area (Å²) in [6.45, 7) is 1.74. The number of carbonyl (C=O) groups is 1. The van der Waals surface area contributed by atoms with Crippen molar-refractivity contribution in [3.63, 3.8) is 0 Å². The van der Waals surface area contributed by atoms with Crippen molar-refractivity contribution in [1.82, 2.24) is 9.88 Å². The normalized spacial score (nSPS) is 12.7. The maximum Gasteiger partial charge on any atom is 0.227 e. The van der Waals surface area contributed by atoms with Crippen molar-refractivity contribution < 1.29 is 9.53 Å². The molecule has 0 saturated heterocycles. The maximum atomic E-state index is 12.0. The Kier molecular flexibility index (Phi) is 8.51. The molecule has 0 unspecified atom stereocenters. The van der Waals surface area contributed by atoms with Crippen molar-refractivity contribution >= 4 is 46.9 Å². The number of thioether (sulfide) groups is 1. The number of amides is 1. The van der Waals surface area contributed by atoms with Gasteiger partial charge in [0, 0.05) is 31.0 Å². The number of carbonyl (C=O) groups excluding carboxylic acids is 1. The van der Waals surface area contributed by atoms with E-state index in [9.17, 15) is 4.79 Å². The number of rotatable bonds is 7. The van der Waals surface area contributed by atoms with E-state index in [1.807, 2.05) is 6.26 Å². The molecule has 1 rings (SSSR count). The molecule has 0 atom stereocenters. The second-order valence-electron chi connectivity index (χ2n) is 4.62. The molecule has 0 aliphatic rings. The number of allylic oxidation sites excluding steroid dienone is 1. The summed E-state index contributed by atoms with van der Waals surface area (Å²) in [7, 11) is 3.24. The number of pyridine rings is 1. The fourth-order valence-electron chi connectivity index (χ4n) is 1.57. The number of hydrogen-bond donors (Lipinski definition) is 1. The molecular formula is C15H20ClN3O2S2. The van der Waals surface area contributed by atoms with Crippen molar-refractivity contribution in [2.75, 3.05) is 26.2 Å². The van der Waals surface area contributed by atoms with Gasteiger partial charge in [-0.3, -0.25) is 9.78 Å². The number of halogens is 1. The average molecular weight is 374 g/mol. The van der Waals surface area contributed by atoms with Crippen molar-refractivity contribution in [1.29, 1.82) is 0 Å². The summed E-state index contributed by atoms with van der Waals surface area (Å²) in [4.78, 5) is 21.8. The fourth-order valence-corrected chi connectivity index (χ4v) is 2.44. The summed E-state index contributed by atoms with van der Waals surface area (Å²) >= 11 is 12.2. The Bertz CT molecular complexity index is 620. The van der Waals surface area contributed by atoms with Crippen LogP contribution in [0.3, 0.4) is 0 Å². The summed E-state index contributed by atoms with van der Waals surface area (Å²) in [5, 5.41) is 0.600. The van der Waals surface area contributed by atoms with Crippen LogP contribution >= 0.6 is 36.0 Å². The largest absolute Gasteiger partial charge is 0.495 e. The average Bonchev–Trinajstić information content (AvgIpc) is 2.58. The molecule has 0 aliphatic heterocycles. The van der Waals surface area contributed by atoms with Crippen LogP contribution in [0.4, 0.5) is 0 Å². The predicted molar refractivity (Wildman–Crippen MR) is 101 cm³/mol. The second kappa shape index (κ2) is 9.85. The van der Waals surface area contributed by atoms with Crippen LogP contribution in [0.2, 0.25) is 0 Å². The molecule has 0 aliphatic carbocycles. The lowest BCUT2D eigenvalue weighted by atomic mass is 10.3. The molecule has 0 radical (unpaired) electrons. The number of thiol groups is 1. The standard InChI is InChI=1S/C15H20ClN3O2S2/c1-10(19(2)13(20)5-6-23-4)14(16)18-15(22)11-7-12(21-3)9-17-8-11/h7-9H,5-6H2,1-4H3,(H,18,22)/b14-10+. The van der Waals surface area contributed by atoms with Crippen molar-refractivity contribution in [3.8, 4) is 5.75 Å². The van der Waals surface area contributed by atoms with Crippen LogP contribution in [0.5, 0.6) is 5.75 Å². The van der Waals surface area contributed by atoms with E-state index in [4.69, 9.17) is 16.3 Å². The molecule has 126 valence electrons. The van der Waals surface area contributed by atoms with Gasteiger partial charge in [-0.05, 0) is 19.2 Å².